The molecule has 0 nitrogen and oxygen atoms in total. The molecule has 0 aliphatic carbocycles. The van der Waals surface area contributed by atoms with Crippen LogP contribution in [-0.4, -0.2) is 0 Å². The smallest absolute Gasteiger partial charge is 0.0616 e. The summed E-state index contributed by atoms with van der Waals surface area (Å²) < 4.78 is 318. The van der Waals surface area contributed by atoms with Gasteiger partial charge in [-0.1, -0.05) is 454 Å². The maximum Gasteiger partial charge on any atom is 0.0636 e. The lowest BCUT2D eigenvalue weighted by Crippen LogP contribution is -1.92. The van der Waals surface area contributed by atoms with Crippen molar-refractivity contribution in [2.45, 2.75) is 0 Å². The first-order valence-corrected chi connectivity index (χ1v) is 43.0. The van der Waals surface area contributed by atoms with Gasteiger partial charge in [-0.25, -0.2) is 0 Å². The third-order valence-electron chi connectivity index (χ3n) is 24.9. The first kappa shape index (κ1) is 49.2. The van der Waals surface area contributed by atoms with Gasteiger partial charge in [-0.3, -0.25) is 0 Å². The fourth-order valence-electron chi connectivity index (χ4n) is 18.9. The minimum atomic E-state index is -1.12. The predicted octanol–water partition coefficient (Wildman–Crippen LogP) is 37.4. The van der Waals surface area contributed by atoms with Crippen molar-refractivity contribution in [2.24, 2.45) is 0 Å². The third-order valence-corrected chi connectivity index (χ3v) is 24.9. The van der Waals surface area contributed by atoms with E-state index in [-0.39, 0.29) is 53.1 Å². The molecule has 0 spiro atoms. The van der Waals surface area contributed by atoms with E-state index in [4.69, 9.17) is 26.0 Å². The molecule has 0 N–H and O–H groups in total. The second-order valence-electron chi connectivity index (χ2n) is 32.4. The third kappa shape index (κ3) is 13.6. The van der Waals surface area contributed by atoms with Crippen molar-refractivity contribution in [3.05, 3.63) is 509 Å². The number of fused-ring (bicyclic) bond motifs is 15. The van der Waals surface area contributed by atoms with Crippen LogP contribution in [-0.2, 0) is 0 Å². The van der Waals surface area contributed by atoms with E-state index < -0.39 is 256 Å². The average molecular weight is 1710 g/mol. The summed E-state index contributed by atoms with van der Waals surface area (Å²) in [7, 11) is 0. The SMILES string of the molecule is [2H]c1c([2H])c([2H])c2c(-c3ccc4ccccc4c3)c3c([2H])c(-c4cccc5ccccc45)c([2H])c([2H])c3c(-c3ccc4ccccc4c3)c2c1[2H].[2H]c1c([2H])c([2H])c2c([2H])c(-c3c4c([2H])c([2H])c([2H])c([2H])c4c(-c4c([2H])c([2H])c5c([2H])c([2H])c([2H])c([2H])c5c4[2H])c4c([2H])c(-c5c([2H])c([2H])c([2H])c6c([2H])c([2H])c([2H])c([2H])c56)c([2H])c([2H])c34)c([2H])c([2H])c2c1[2H].c1ccc2cc(-c3c4ccccc4c(-c4ccc5ccccc5c4)c4cc(-c5cccc6ccccc56)ccc34)ccc2c1. The topological polar surface area (TPSA) is 0 Å². The van der Waals surface area contributed by atoms with E-state index in [0.29, 0.717) is 44.2 Å². The molecular formula is C132H84. The van der Waals surface area contributed by atoms with Gasteiger partial charge in [0, 0.05) is 0 Å². The van der Waals surface area contributed by atoms with Gasteiger partial charge in [0.25, 0.3) is 0 Å². The lowest BCUT2D eigenvalue weighted by molar-refractivity contribution is 1.66. The molecule has 612 valence electrons. The van der Waals surface area contributed by atoms with Crippen molar-refractivity contribution in [1.82, 2.24) is 0 Å². The van der Waals surface area contributed by atoms with Crippen molar-refractivity contribution < 1.29 is 48.0 Å². The zero-order chi connectivity index (χ0) is 118. The van der Waals surface area contributed by atoms with Crippen LogP contribution in [0.2, 0.25) is 0 Å². The van der Waals surface area contributed by atoms with E-state index >= 15 is 0 Å². The average Bonchev–Trinajstić information content (AvgIpc) is 0.677. The van der Waals surface area contributed by atoms with Crippen LogP contribution in [0.15, 0.2) is 509 Å². The normalized spacial score (nSPS) is 15.3. The fourth-order valence-corrected chi connectivity index (χ4v) is 18.9. The predicted molar refractivity (Wildman–Crippen MR) is 571 cm³/mol. The Morgan fingerprint density at radius 1 is 0.114 bits per heavy atom. The minimum absolute atomic E-state index is 0.0295. The molecule has 0 unspecified atom stereocenters. The number of hydrogen-bond acceptors (Lipinski definition) is 0. The van der Waals surface area contributed by atoms with E-state index in [2.05, 4.69) is 170 Å². The summed E-state index contributed by atoms with van der Waals surface area (Å²) in [5.74, 6) is 0. The number of benzene rings is 27. The standard InChI is InChI=1S/3C44H28/c3*1-3-13-32-26-35(22-20-29(32)10-1)43-39-17-7-8-18-40(39)44(36-23-21-30-11-2-4-14-33(30)27-36)42-28-34(24-25-41(42)43)38-19-9-15-31-12-5-6-16-37(31)38/h3*1-28H/i1D,2D,3D,4D,5D,6D,7D,8D,9D,10D,11D,12D,13D,14D,15D,16D,17D,18D,19D,20D,21D,22D,23D,24D,25D,26D,27D,28D;7D,8D,17D,18D,24D,25D,28D;. The summed E-state index contributed by atoms with van der Waals surface area (Å²) >= 11 is 0. The summed E-state index contributed by atoms with van der Waals surface area (Å²) in [6.45, 7) is 0. The highest BCUT2D eigenvalue weighted by Crippen LogP contribution is 2.52. The molecule has 0 fully saturated rings. The van der Waals surface area contributed by atoms with Crippen molar-refractivity contribution in [2.75, 3.05) is 0 Å². The van der Waals surface area contributed by atoms with E-state index in [1.165, 1.54) is 87.2 Å². The van der Waals surface area contributed by atoms with Gasteiger partial charge in [0.2, 0.25) is 0 Å². The molecule has 0 radical (unpaired) electrons. The van der Waals surface area contributed by atoms with Gasteiger partial charge >= 0.3 is 0 Å². The van der Waals surface area contributed by atoms with Gasteiger partial charge in [0.1, 0.15) is 0 Å². The highest BCUT2D eigenvalue weighted by atomic mass is 14.3. The van der Waals surface area contributed by atoms with E-state index in [9.17, 15) is 21.9 Å². The summed E-state index contributed by atoms with van der Waals surface area (Å²) in [5, 5.41) is 12.3. The molecule has 27 aromatic carbocycles. The summed E-state index contributed by atoms with van der Waals surface area (Å²) in [6, 6.07) is 75.3. The number of hydrogen-bond donors (Lipinski definition) is 0. The molecule has 0 atom stereocenters. The van der Waals surface area contributed by atoms with Crippen molar-refractivity contribution in [3.63, 3.8) is 0 Å². The van der Waals surface area contributed by atoms with Crippen molar-refractivity contribution in [1.29, 1.82) is 0 Å². The highest BCUT2D eigenvalue weighted by Gasteiger charge is 2.24. The van der Waals surface area contributed by atoms with Gasteiger partial charge in [0.05, 0.1) is 48.0 Å². The molecule has 0 saturated carbocycles. The van der Waals surface area contributed by atoms with Gasteiger partial charge < -0.3 is 0 Å². The summed E-state index contributed by atoms with van der Waals surface area (Å²) in [6.07, 6.45) is 0. The summed E-state index contributed by atoms with van der Waals surface area (Å²) in [4.78, 5) is 0. The maximum atomic E-state index is 10.2. The Kier molecular flexibility index (Phi) is 12.2. The van der Waals surface area contributed by atoms with Crippen LogP contribution in [0.1, 0.15) is 48.0 Å². The second kappa shape index (κ2) is 32.6. The van der Waals surface area contributed by atoms with Crippen molar-refractivity contribution >= 4 is 162 Å². The Morgan fingerprint density at radius 2 is 0.409 bits per heavy atom. The Hall–Kier alpha value is -17.2. The van der Waals surface area contributed by atoms with Gasteiger partial charge in [-0.2, -0.15) is 0 Å². The van der Waals surface area contributed by atoms with Crippen LogP contribution in [0.4, 0.5) is 0 Å². The zero-order valence-electron chi connectivity index (χ0n) is 105. The Bertz CT molecular complexity index is 11600. The minimum Gasteiger partial charge on any atom is -0.0616 e. The largest absolute Gasteiger partial charge is 0.0636 e. The first-order chi connectivity index (χ1) is 80.1. The lowest BCUT2D eigenvalue weighted by atomic mass is 9.84. The molecule has 0 bridgehead atoms. The van der Waals surface area contributed by atoms with Crippen LogP contribution in [0.3, 0.4) is 0 Å². The van der Waals surface area contributed by atoms with Crippen LogP contribution in [0, 0.1) is 0 Å². The first-order valence-electron chi connectivity index (χ1n) is 60.5. The van der Waals surface area contributed by atoms with E-state index in [0.717, 1.165) is 32.3 Å². The molecule has 0 aliphatic rings. The van der Waals surface area contributed by atoms with E-state index in [1.807, 2.05) is 127 Å². The molecule has 0 heteroatoms. The van der Waals surface area contributed by atoms with Crippen LogP contribution >= 0.6 is 0 Å². The summed E-state index contributed by atoms with van der Waals surface area (Å²) in [5.41, 5.74) is 5.66. The maximum absolute atomic E-state index is 10.2. The molecule has 0 aliphatic heterocycles. The monoisotopic (exact) mass is 1700 g/mol. The molecule has 0 heterocycles. The Labute approximate surface area is 814 Å². The molecule has 27 aromatic rings. The van der Waals surface area contributed by atoms with Gasteiger partial charge in [0.15, 0.2) is 0 Å². The lowest BCUT2D eigenvalue weighted by Gasteiger charge is -2.19. The van der Waals surface area contributed by atoms with E-state index in [1.54, 1.807) is 0 Å². The molecule has 132 heavy (non-hydrogen) atoms. The fraction of sp³-hybridized carbons (Fsp3) is 0. The Morgan fingerprint density at radius 3 is 0.864 bits per heavy atom. The van der Waals surface area contributed by atoms with Crippen LogP contribution in [0.5, 0.6) is 0 Å². The molecule has 27 rings (SSSR count). The van der Waals surface area contributed by atoms with Gasteiger partial charge in [-0.15, -0.1) is 0 Å². The quantitative estimate of drug-likeness (QED) is 0.126. The second-order valence-corrected chi connectivity index (χ2v) is 32.4. The van der Waals surface area contributed by atoms with Crippen LogP contribution < -0.4 is 0 Å². The molecule has 0 amide bonds. The zero-order valence-corrected chi connectivity index (χ0v) is 69.8. The van der Waals surface area contributed by atoms with Crippen molar-refractivity contribution in [3.8, 4) is 100 Å². The van der Waals surface area contributed by atoms with Crippen LogP contribution in [0.25, 0.3) is 262 Å². The highest BCUT2D eigenvalue weighted by molar-refractivity contribution is 6.27. The molecule has 0 saturated heterocycles. The van der Waals surface area contributed by atoms with Gasteiger partial charge in [-0.05, 0) is 316 Å². The number of rotatable bonds is 9. The molecule has 0 aromatic heterocycles. The Balaban J connectivity index is 0.000000130. The molecular weight excluding hydrogens is 1590 g/mol.